The first-order chi connectivity index (χ1) is 9.19. The van der Waals surface area contributed by atoms with Crippen LogP contribution in [0.2, 0.25) is 0 Å². The van der Waals surface area contributed by atoms with Crippen molar-refractivity contribution in [1.82, 2.24) is 5.32 Å². The Balaban J connectivity index is 2.54. The van der Waals surface area contributed by atoms with Crippen molar-refractivity contribution in [3.63, 3.8) is 0 Å². The van der Waals surface area contributed by atoms with Gasteiger partial charge in [0, 0.05) is 5.41 Å². The van der Waals surface area contributed by atoms with Crippen molar-refractivity contribution < 1.29 is 4.79 Å². The summed E-state index contributed by atoms with van der Waals surface area (Å²) in [6, 6.07) is 4.41. The molecule has 0 radical (unpaired) electrons. The fraction of sp³-hybridized carbons (Fsp3) is 0.643. The van der Waals surface area contributed by atoms with Gasteiger partial charge in [-0.2, -0.15) is 10.5 Å². The molecule has 1 aliphatic carbocycles. The molecule has 19 heavy (non-hydrogen) atoms. The van der Waals surface area contributed by atoms with Crippen molar-refractivity contribution in [2.75, 3.05) is 5.75 Å². The molecule has 1 atom stereocenters. The molecule has 1 spiro atoms. The Morgan fingerprint density at radius 2 is 2.05 bits per heavy atom. The molecule has 5 heteroatoms. The summed E-state index contributed by atoms with van der Waals surface area (Å²) < 4.78 is 0. The largest absolute Gasteiger partial charge is 0.319 e. The fourth-order valence-corrected chi connectivity index (χ4v) is 4.04. The minimum atomic E-state index is -0.719. The number of carbonyl (C=O) groups excluding carboxylic acids is 1. The van der Waals surface area contributed by atoms with Crippen LogP contribution in [0.4, 0.5) is 0 Å². The van der Waals surface area contributed by atoms with Crippen LogP contribution in [-0.4, -0.2) is 11.7 Å². The third-order valence-electron chi connectivity index (χ3n) is 4.05. The standard InChI is InChI=1S/C14H17N3OS/c1-2-19-13-11(9-16)14(6-4-3-5-7-14)10(8-15)12(18)17-13/h10H,2-7H2,1H3,(H,17,18)/t10-/m0/s1. The molecule has 1 saturated carbocycles. The summed E-state index contributed by atoms with van der Waals surface area (Å²) in [5.41, 5.74) is 0.0897. The molecule has 1 amide bonds. The first kappa shape index (κ1) is 14.0. The predicted molar refractivity (Wildman–Crippen MR) is 73.5 cm³/mol. The lowest BCUT2D eigenvalue weighted by Crippen LogP contribution is -2.48. The van der Waals surface area contributed by atoms with Gasteiger partial charge in [-0.3, -0.25) is 4.79 Å². The molecule has 1 heterocycles. The zero-order valence-electron chi connectivity index (χ0n) is 11.0. The van der Waals surface area contributed by atoms with Crippen molar-refractivity contribution in [2.45, 2.75) is 39.0 Å². The van der Waals surface area contributed by atoms with E-state index < -0.39 is 11.3 Å². The summed E-state index contributed by atoms with van der Waals surface area (Å²) in [6.45, 7) is 1.99. The highest BCUT2D eigenvalue weighted by molar-refractivity contribution is 8.03. The molecular weight excluding hydrogens is 258 g/mol. The maximum absolute atomic E-state index is 12.2. The van der Waals surface area contributed by atoms with Crippen molar-refractivity contribution in [3.8, 4) is 12.1 Å². The van der Waals surface area contributed by atoms with Crippen molar-refractivity contribution in [2.24, 2.45) is 11.3 Å². The monoisotopic (exact) mass is 275 g/mol. The Morgan fingerprint density at radius 1 is 1.37 bits per heavy atom. The Bertz CT molecular complexity index is 492. The topological polar surface area (TPSA) is 76.7 Å². The van der Waals surface area contributed by atoms with Gasteiger partial charge in [0.15, 0.2) is 0 Å². The third kappa shape index (κ3) is 2.24. The van der Waals surface area contributed by atoms with E-state index in [1.165, 1.54) is 11.8 Å². The number of hydrogen-bond donors (Lipinski definition) is 1. The van der Waals surface area contributed by atoms with E-state index in [1.807, 2.05) is 6.92 Å². The third-order valence-corrected chi connectivity index (χ3v) is 4.94. The zero-order valence-corrected chi connectivity index (χ0v) is 11.8. The van der Waals surface area contributed by atoms with E-state index in [9.17, 15) is 15.3 Å². The smallest absolute Gasteiger partial charge is 0.243 e. The normalized spacial score (nSPS) is 25.6. The summed E-state index contributed by atoms with van der Waals surface area (Å²) in [5.74, 6) is -0.156. The van der Waals surface area contributed by atoms with Crippen LogP contribution in [0.5, 0.6) is 0 Å². The highest BCUT2D eigenvalue weighted by Crippen LogP contribution is 2.51. The minimum Gasteiger partial charge on any atom is -0.319 e. The van der Waals surface area contributed by atoms with E-state index >= 15 is 0 Å². The van der Waals surface area contributed by atoms with Gasteiger partial charge >= 0.3 is 0 Å². The Kier molecular flexibility index (Phi) is 4.17. The van der Waals surface area contributed by atoms with Crippen molar-refractivity contribution in [3.05, 3.63) is 10.6 Å². The molecule has 2 aliphatic rings. The number of hydrogen-bond acceptors (Lipinski definition) is 4. The van der Waals surface area contributed by atoms with E-state index in [2.05, 4.69) is 17.5 Å². The van der Waals surface area contributed by atoms with Crippen LogP contribution in [-0.2, 0) is 4.79 Å². The lowest BCUT2D eigenvalue weighted by molar-refractivity contribution is -0.126. The second kappa shape index (κ2) is 5.67. The van der Waals surface area contributed by atoms with Gasteiger partial charge in [-0.1, -0.05) is 26.2 Å². The number of nitriles is 2. The highest BCUT2D eigenvalue weighted by Gasteiger charge is 2.51. The van der Waals surface area contributed by atoms with Crippen LogP contribution < -0.4 is 5.32 Å². The maximum Gasteiger partial charge on any atom is 0.243 e. The van der Waals surface area contributed by atoms with Crippen LogP contribution in [0.3, 0.4) is 0 Å². The molecule has 1 aliphatic heterocycles. The maximum atomic E-state index is 12.2. The number of nitrogens with one attached hydrogen (secondary N) is 1. The van der Waals surface area contributed by atoms with Crippen molar-refractivity contribution in [1.29, 1.82) is 10.5 Å². The molecule has 0 aromatic heterocycles. The number of amides is 1. The van der Waals surface area contributed by atoms with Gasteiger partial charge < -0.3 is 5.32 Å². The molecule has 100 valence electrons. The molecule has 0 bridgehead atoms. The Morgan fingerprint density at radius 3 is 2.58 bits per heavy atom. The number of carbonyl (C=O) groups is 1. The van der Waals surface area contributed by atoms with Crippen LogP contribution in [0.1, 0.15) is 39.0 Å². The average Bonchev–Trinajstić information content (AvgIpc) is 2.40. The highest BCUT2D eigenvalue weighted by atomic mass is 32.2. The van der Waals surface area contributed by atoms with Crippen LogP contribution in [0, 0.1) is 34.0 Å². The molecule has 0 aromatic carbocycles. The van der Waals surface area contributed by atoms with Gasteiger partial charge in [-0.05, 0) is 18.6 Å². The number of thioether (sulfide) groups is 1. The Hall–Kier alpha value is -1.46. The number of nitrogens with zero attached hydrogens (tertiary/aromatic N) is 2. The second-order valence-electron chi connectivity index (χ2n) is 5.02. The molecule has 1 fully saturated rings. The molecule has 4 nitrogen and oxygen atoms in total. The van der Waals surface area contributed by atoms with Gasteiger partial charge in [-0.15, -0.1) is 11.8 Å². The summed E-state index contributed by atoms with van der Waals surface area (Å²) in [5, 5.41) is 22.3. The molecule has 0 aromatic rings. The van der Waals surface area contributed by atoms with E-state index in [1.54, 1.807) is 0 Å². The first-order valence-electron chi connectivity index (χ1n) is 6.67. The van der Waals surface area contributed by atoms with Gasteiger partial charge in [0.2, 0.25) is 5.91 Å². The Labute approximate surface area is 117 Å². The lowest BCUT2D eigenvalue weighted by atomic mass is 9.61. The molecule has 0 unspecified atom stereocenters. The summed E-state index contributed by atoms with van der Waals surface area (Å²) in [6.07, 6.45) is 4.64. The van der Waals surface area contributed by atoms with Crippen LogP contribution in [0.25, 0.3) is 0 Å². The quantitative estimate of drug-likeness (QED) is 0.840. The molecule has 2 rings (SSSR count). The first-order valence-corrected chi connectivity index (χ1v) is 7.66. The predicted octanol–water partition coefficient (Wildman–Crippen LogP) is 2.69. The van der Waals surface area contributed by atoms with Gasteiger partial charge in [0.25, 0.3) is 0 Å². The minimum absolute atomic E-state index is 0.237. The van der Waals surface area contributed by atoms with Crippen molar-refractivity contribution >= 4 is 17.7 Å². The van der Waals surface area contributed by atoms with Gasteiger partial charge in [0.1, 0.15) is 5.92 Å². The van der Waals surface area contributed by atoms with E-state index in [0.717, 1.165) is 37.9 Å². The van der Waals surface area contributed by atoms with Crippen LogP contribution >= 0.6 is 11.8 Å². The molecular formula is C14H17N3OS. The zero-order chi connectivity index (χ0) is 13.9. The SMILES string of the molecule is CCSC1=C(C#N)C2(CCCCC2)[C@@H](C#N)C(=O)N1. The summed E-state index contributed by atoms with van der Waals surface area (Å²) >= 11 is 1.48. The average molecular weight is 275 g/mol. The molecule has 0 saturated heterocycles. The van der Waals surface area contributed by atoms with Gasteiger partial charge in [0.05, 0.1) is 22.7 Å². The number of rotatable bonds is 2. The lowest BCUT2D eigenvalue weighted by Gasteiger charge is -2.43. The number of allylic oxidation sites excluding steroid dienone is 1. The molecule has 1 N–H and O–H groups in total. The van der Waals surface area contributed by atoms with E-state index in [0.29, 0.717) is 10.6 Å². The van der Waals surface area contributed by atoms with E-state index in [4.69, 9.17) is 0 Å². The van der Waals surface area contributed by atoms with E-state index in [-0.39, 0.29) is 5.91 Å². The van der Waals surface area contributed by atoms with Gasteiger partial charge in [-0.25, -0.2) is 0 Å². The fourth-order valence-electron chi connectivity index (χ4n) is 3.19. The summed E-state index contributed by atoms with van der Waals surface area (Å²) in [4.78, 5) is 12.2. The summed E-state index contributed by atoms with van der Waals surface area (Å²) in [7, 11) is 0. The van der Waals surface area contributed by atoms with Crippen LogP contribution in [0.15, 0.2) is 10.6 Å². The second-order valence-corrected chi connectivity index (χ2v) is 6.29.